The molecule has 0 saturated carbocycles. The molecule has 2 saturated heterocycles. The Morgan fingerprint density at radius 2 is 1.23 bits per heavy atom. The molecule has 1 N–H and O–H groups in total. The number of esters is 6. The topological polar surface area (TPSA) is 237 Å². The standard InChI is InChI=1S/C39H46Cl3NO18/c1-9-15-50-26-13-11-25(17-27(26)51-16-10-2)12-14-29(49)59-31-28(18-52-20(4)44)58-37(61-38(43)39(40,41)42)35(57-24(8)48)33(31)60-36-34(56-23(7)47)32(55-22(6)46)30(19(3)53-36)54-21(5)45/h9-14,17,19,28,30-37,43H,1-2,15-16,18H2,3-8H3/b14-12+,43-38?/t19-,28+,30-,31+,32+,33-,34+,35+,36-,37+/m0/s1. The molecular weight excluding hydrogens is 877 g/mol. The number of ether oxygens (including phenoxy) is 12. The van der Waals surface area contributed by atoms with Gasteiger partial charge in [0.2, 0.25) is 12.2 Å². The first-order valence-corrected chi connectivity index (χ1v) is 19.4. The molecule has 0 bridgehead atoms. The van der Waals surface area contributed by atoms with Gasteiger partial charge in [0.25, 0.3) is 3.79 Å². The summed E-state index contributed by atoms with van der Waals surface area (Å²) in [6.07, 6.45) is -11.1. The predicted octanol–water partition coefficient (Wildman–Crippen LogP) is 4.25. The zero-order valence-corrected chi connectivity index (χ0v) is 36.1. The Kier molecular flexibility index (Phi) is 19.3. The van der Waals surface area contributed by atoms with E-state index in [9.17, 15) is 28.8 Å². The highest BCUT2D eigenvalue weighted by molar-refractivity contribution is 6.76. The summed E-state index contributed by atoms with van der Waals surface area (Å²) >= 11 is 17.7. The summed E-state index contributed by atoms with van der Waals surface area (Å²) in [7, 11) is 0. The third kappa shape index (κ3) is 15.5. The summed E-state index contributed by atoms with van der Waals surface area (Å²) < 4.78 is 65.8. The van der Waals surface area contributed by atoms with Gasteiger partial charge in [0.1, 0.15) is 32.0 Å². The van der Waals surface area contributed by atoms with Crippen LogP contribution in [0.5, 0.6) is 11.5 Å². The van der Waals surface area contributed by atoms with E-state index in [1.54, 1.807) is 24.3 Å². The van der Waals surface area contributed by atoms with Crippen LogP contribution in [0, 0.1) is 5.41 Å². The Hall–Kier alpha value is -4.92. The minimum Gasteiger partial charge on any atom is -0.486 e. The van der Waals surface area contributed by atoms with Crippen LogP contribution in [-0.4, -0.2) is 127 Å². The van der Waals surface area contributed by atoms with E-state index in [1.165, 1.54) is 19.1 Å². The Bertz CT molecular complexity index is 1820. The second-order valence-electron chi connectivity index (χ2n) is 13.0. The lowest BCUT2D eigenvalue weighted by Gasteiger charge is -2.48. The molecule has 0 aromatic heterocycles. The van der Waals surface area contributed by atoms with Gasteiger partial charge in [-0.05, 0) is 30.7 Å². The van der Waals surface area contributed by atoms with Gasteiger partial charge in [-0.1, -0.05) is 66.2 Å². The highest BCUT2D eigenvalue weighted by atomic mass is 35.6. The van der Waals surface area contributed by atoms with Crippen molar-refractivity contribution in [2.75, 3.05) is 19.8 Å². The van der Waals surface area contributed by atoms with Crippen molar-refractivity contribution in [1.82, 2.24) is 0 Å². The monoisotopic (exact) mass is 921 g/mol. The number of benzene rings is 1. The summed E-state index contributed by atoms with van der Waals surface area (Å²) in [4.78, 5) is 75.5. The molecule has 2 fully saturated rings. The van der Waals surface area contributed by atoms with Crippen LogP contribution in [0.2, 0.25) is 0 Å². The summed E-state index contributed by atoms with van der Waals surface area (Å²) in [5.74, 6) is -5.81. The highest BCUT2D eigenvalue weighted by Crippen LogP contribution is 2.37. The molecule has 1 aromatic carbocycles. The first-order chi connectivity index (χ1) is 28.6. The fraction of sp³-hybridized carbons (Fsp3) is 0.513. The van der Waals surface area contributed by atoms with Crippen LogP contribution in [-0.2, 0) is 76.1 Å². The second-order valence-corrected chi connectivity index (χ2v) is 15.3. The number of hydrogen-bond donors (Lipinski definition) is 1. The quantitative estimate of drug-likeness (QED) is 0.0412. The van der Waals surface area contributed by atoms with Crippen LogP contribution in [0.4, 0.5) is 0 Å². The van der Waals surface area contributed by atoms with Crippen LogP contribution in [0.1, 0.15) is 47.1 Å². The van der Waals surface area contributed by atoms with Crippen LogP contribution < -0.4 is 9.47 Å². The van der Waals surface area contributed by atoms with Crippen LogP contribution in [0.25, 0.3) is 6.08 Å². The van der Waals surface area contributed by atoms with Gasteiger partial charge in [-0.3, -0.25) is 29.4 Å². The Balaban J connectivity index is 2.19. The van der Waals surface area contributed by atoms with E-state index in [0.29, 0.717) is 17.1 Å². The molecule has 2 aliphatic rings. The number of nitrogens with one attached hydrogen (secondary N) is 1. The molecule has 10 atom stereocenters. The van der Waals surface area contributed by atoms with Crippen molar-refractivity contribution in [2.24, 2.45) is 0 Å². The SMILES string of the molecule is C=CCOc1ccc(/C=C/C(=O)O[C@H]2[C@H](O[C@@H]3O[C@@H](C)[C@H](OC(C)=O)[C@@H](OC(C)=O)[C@H]3OC(C)=O)[C@@H](OC(C)=O)[C@@H](OC(=N)C(Cl)(Cl)Cl)O[C@@H]2COC(C)=O)cc1OCC=C. The first-order valence-electron chi connectivity index (χ1n) is 18.3. The molecule has 22 heteroatoms. The van der Waals surface area contributed by atoms with Crippen LogP contribution in [0.3, 0.4) is 0 Å². The number of carbonyl (C=O) groups excluding carboxylic acids is 6. The molecule has 61 heavy (non-hydrogen) atoms. The lowest BCUT2D eigenvalue weighted by Crippen LogP contribution is -2.67. The maximum Gasteiger partial charge on any atom is 0.331 e. The normalized spacial score (nSPS) is 26.1. The van der Waals surface area contributed by atoms with Gasteiger partial charge in [0, 0.05) is 40.7 Å². The fourth-order valence-corrected chi connectivity index (χ4v) is 5.97. The van der Waals surface area contributed by atoms with E-state index >= 15 is 0 Å². The van der Waals surface area contributed by atoms with Gasteiger partial charge < -0.3 is 56.8 Å². The molecule has 3 rings (SSSR count). The van der Waals surface area contributed by atoms with Crippen molar-refractivity contribution in [3.63, 3.8) is 0 Å². The zero-order valence-electron chi connectivity index (χ0n) is 33.8. The largest absolute Gasteiger partial charge is 0.486 e. The summed E-state index contributed by atoms with van der Waals surface area (Å²) in [5.41, 5.74) is 0.440. The van der Waals surface area contributed by atoms with Crippen molar-refractivity contribution in [1.29, 1.82) is 5.41 Å². The molecular formula is C39H46Cl3NO18. The minimum atomic E-state index is -2.49. The lowest BCUT2D eigenvalue weighted by molar-refractivity contribution is -0.353. The second kappa shape index (κ2) is 23.3. The van der Waals surface area contributed by atoms with Gasteiger partial charge >= 0.3 is 35.8 Å². The summed E-state index contributed by atoms with van der Waals surface area (Å²) in [6, 6.07) is 4.78. The predicted molar refractivity (Wildman–Crippen MR) is 213 cm³/mol. The molecule has 0 aliphatic carbocycles. The van der Waals surface area contributed by atoms with Crippen molar-refractivity contribution >= 4 is 82.6 Å². The fourth-order valence-electron chi connectivity index (χ4n) is 5.83. The van der Waals surface area contributed by atoms with Crippen LogP contribution in [0.15, 0.2) is 49.6 Å². The van der Waals surface area contributed by atoms with Gasteiger partial charge in [0.05, 0.1) is 6.10 Å². The molecule has 1 aromatic rings. The van der Waals surface area contributed by atoms with E-state index in [4.69, 9.17) is 97.1 Å². The smallest absolute Gasteiger partial charge is 0.331 e. The average Bonchev–Trinajstić information content (AvgIpc) is 3.15. The first kappa shape index (κ1) is 50.4. The van der Waals surface area contributed by atoms with E-state index in [-0.39, 0.29) is 13.2 Å². The zero-order chi connectivity index (χ0) is 45.6. The van der Waals surface area contributed by atoms with Gasteiger partial charge in [-0.15, -0.1) is 0 Å². The Morgan fingerprint density at radius 3 is 1.77 bits per heavy atom. The molecule has 0 spiro atoms. The third-order valence-corrected chi connectivity index (χ3v) is 8.62. The van der Waals surface area contributed by atoms with Crippen molar-refractivity contribution < 1.29 is 85.6 Å². The van der Waals surface area contributed by atoms with Crippen molar-refractivity contribution in [2.45, 2.75) is 107 Å². The maximum atomic E-state index is 13.7. The number of hydrogen-bond acceptors (Lipinski definition) is 19. The van der Waals surface area contributed by atoms with Gasteiger partial charge in [-0.25, -0.2) is 4.79 Å². The number of alkyl halides is 3. The van der Waals surface area contributed by atoms with Gasteiger partial charge in [0.15, 0.2) is 48.3 Å². The van der Waals surface area contributed by atoms with Crippen LogP contribution >= 0.6 is 34.8 Å². The molecule has 2 aliphatic heterocycles. The van der Waals surface area contributed by atoms with E-state index in [1.807, 2.05) is 0 Å². The maximum absolute atomic E-state index is 13.7. The number of halogens is 3. The third-order valence-electron chi connectivity index (χ3n) is 8.11. The van der Waals surface area contributed by atoms with Crippen molar-refractivity contribution in [3.05, 3.63) is 55.1 Å². The number of rotatable bonds is 18. The Morgan fingerprint density at radius 1 is 0.689 bits per heavy atom. The number of carbonyl (C=O) groups is 6. The van der Waals surface area contributed by atoms with E-state index in [2.05, 4.69) is 13.2 Å². The van der Waals surface area contributed by atoms with Crippen molar-refractivity contribution in [3.8, 4) is 11.5 Å². The molecule has 0 radical (unpaired) electrons. The molecule has 336 valence electrons. The summed E-state index contributed by atoms with van der Waals surface area (Å²) in [5, 5.41) is 8.25. The molecule has 2 heterocycles. The van der Waals surface area contributed by atoms with Gasteiger partial charge in [-0.2, -0.15) is 0 Å². The lowest BCUT2D eigenvalue weighted by atomic mass is 9.96. The molecule has 0 amide bonds. The average molecular weight is 923 g/mol. The van der Waals surface area contributed by atoms with E-state index in [0.717, 1.165) is 40.7 Å². The highest BCUT2D eigenvalue weighted by Gasteiger charge is 2.58. The Labute approximate surface area is 365 Å². The van der Waals surface area contributed by atoms with E-state index < -0.39 is 114 Å². The summed E-state index contributed by atoms with van der Waals surface area (Å²) in [6.45, 7) is 13.5. The minimum absolute atomic E-state index is 0.135. The molecule has 19 nitrogen and oxygen atoms in total. The molecule has 0 unspecified atom stereocenters.